The predicted molar refractivity (Wildman–Crippen MR) is 99.5 cm³/mol. The number of hydrogen-bond donors (Lipinski definition) is 0. The number of methoxy groups -OCH3 is 2. The summed E-state index contributed by atoms with van der Waals surface area (Å²) in [6.45, 7) is 0. The molecule has 0 saturated carbocycles. The summed E-state index contributed by atoms with van der Waals surface area (Å²) in [6.07, 6.45) is 2.94. The van der Waals surface area contributed by atoms with Crippen LogP contribution >= 0.6 is 0 Å². The molecule has 1 aromatic carbocycles. The first kappa shape index (κ1) is 19.2. The lowest BCUT2D eigenvalue weighted by Gasteiger charge is -2.40. The minimum Gasteiger partial charge on any atom is -0.497 e. The molecule has 0 aliphatic carbocycles. The Labute approximate surface area is 164 Å². The monoisotopic (exact) mass is 408 g/mol. The number of fused-ring (bicyclic) bond motifs is 2. The normalized spacial score (nSPS) is 28.1. The van der Waals surface area contributed by atoms with E-state index in [1.165, 1.54) is 25.2 Å². The van der Waals surface area contributed by atoms with E-state index in [1.807, 2.05) is 0 Å². The van der Waals surface area contributed by atoms with Crippen LogP contribution in [0.1, 0.15) is 38.5 Å². The van der Waals surface area contributed by atoms with Crippen molar-refractivity contribution >= 4 is 21.8 Å². The lowest BCUT2D eigenvalue weighted by atomic mass is 9.98. The molecule has 8 nitrogen and oxygen atoms in total. The summed E-state index contributed by atoms with van der Waals surface area (Å²) in [5, 5.41) is 0. The topological polar surface area (TPSA) is 93.2 Å². The average molecular weight is 408 g/mol. The Morgan fingerprint density at radius 1 is 0.929 bits per heavy atom. The second-order valence-electron chi connectivity index (χ2n) is 7.52. The van der Waals surface area contributed by atoms with E-state index in [2.05, 4.69) is 0 Å². The van der Waals surface area contributed by atoms with Crippen LogP contribution in [-0.4, -0.2) is 61.8 Å². The number of benzene rings is 1. The number of ether oxygens (including phenoxy) is 2. The standard InChI is InChI=1S/C19H24N2O6S/c1-26-15-5-6-16(27-2)17(11-15)28(24,25)21-12-3-4-13(21)10-14(9-12)20-18(22)7-8-19(20)23/h5-6,11-14H,3-4,7-10H2,1-2H3. The van der Waals surface area contributed by atoms with Gasteiger partial charge in [0.15, 0.2) is 0 Å². The van der Waals surface area contributed by atoms with Gasteiger partial charge in [0, 0.05) is 37.0 Å². The summed E-state index contributed by atoms with van der Waals surface area (Å²) >= 11 is 0. The van der Waals surface area contributed by atoms with Crippen LogP contribution in [0.2, 0.25) is 0 Å². The van der Waals surface area contributed by atoms with Crippen LogP contribution in [0.4, 0.5) is 0 Å². The van der Waals surface area contributed by atoms with Crippen LogP contribution in [0.25, 0.3) is 0 Å². The number of amides is 2. The largest absolute Gasteiger partial charge is 0.497 e. The van der Waals surface area contributed by atoms with Crippen molar-refractivity contribution in [2.24, 2.45) is 0 Å². The van der Waals surface area contributed by atoms with Gasteiger partial charge in [-0.15, -0.1) is 0 Å². The molecule has 0 radical (unpaired) electrons. The number of hydrogen-bond acceptors (Lipinski definition) is 6. The zero-order valence-electron chi connectivity index (χ0n) is 16.0. The Bertz CT molecular complexity index is 885. The highest BCUT2D eigenvalue weighted by atomic mass is 32.2. The molecule has 4 rings (SSSR count). The van der Waals surface area contributed by atoms with Gasteiger partial charge >= 0.3 is 0 Å². The van der Waals surface area contributed by atoms with Gasteiger partial charge in [-0.05, 0) is 37.8 Å². The van der Waals surface area contributed by atoms with E-state index >= 15 is 0 Å². The van der Waals surface area contributed by atoms with Gasteiger partial charge in [0.25, 0.3) is 0 Å². The van der Waals surface area contributed by atoms with Crippen LogP contribution in [-0.2, 0) is 19.6 Å². The van der Waals surface area contributed by atoms with Crippen molar-refractivity contribution in [3.05, 3.63) is 18.2 Å². The Hall–Kier alpha value is -2.13. The first-order valence-electron chi connectivity index (χ1n) is 9.47. The third-order valence-electron chi connectivity index (χ3n) is 6.02. The van der Waals surface area contributed by atoms with Gasteiger partial charge in [0.05, 0.1) is 14.2 Å². The van der Waals surface area contributed by atoms with Gasteiger partial charge < -0.3 is 9.47 Å². The maximum Gasteiger partial charge on any atom is 0.247 e. The molecule has 3 saturated heterocycles. The van der Waals surface area contributed by atoms with Crippen molar-refractivity contribution in [1.82, 2.24) is 9.21 Å². The summed E-state index contributed by atoms with van der Waals surface area (Å²) in [5.74, 6) is 0.433. The SMILES string of the molecule is COc1ccc(OC)c(S(=O)(=O)N2C3CCC2CC(N2C(=O)CCC2=O)C3)c1. The fourth-order valence-corrected chi connectivity index (χ4v) is 6.87. The maximum absolute atomic E-state index is 13.5. The molecule has 9 heteroatoms. The van der Waals surface area contributed by atoms with E-state index in [0.29, 0.717) is 18.6 Å². The van der Waals surface area contributed by atoms with Crippen molar-refractivity contribution in [3.8, 4) is 11.5 Å². The Kier molecular flexibility index (Phi) is 4.83. The van der Waals surface area contributed by atoms with Gasteiger partial charge in [-0.1, -0.05) is 0 Å². The van der Waals surface area contributed by atoms with Crippen molar-refractivity contribution < 1.29 is 27.5 Å². The lowest BCUT2D eigenvalue weighted by Crippen LogP contribution is -2.53. The summed E-state index contributed by atoms with van der Waals surface area (Å²) < 4.78 is 39.0. The lowest BCUT2D eigenvalue weighted by molar-refractivity contribution is -0.142. The smallest absolute Gasteiger partial charge is 0.247 e. The molecular weight excluding hydrogens is 384 g/mol. The summed E-state index contributed by atoms with van der Waals surface area (Å²) in [6, 6.07) is 4.05. The number of rotatable bonds is 5. The number of carbonyl (C=O) groups excluding carboxylic acids is 2. The third kappa shape index (κ3) is 2.97. The molecule has 28 heavy (non-hydrogen) atoms. The summed E-state index contributed by atoms with van der Waals surface area (Å²) in [4.78, 5) is 25.7. The molecule has 0 spiro atoms. The van der Waals surface area contributed by atoms with E-state index < -0.39 is 10.0 Å². The van der Waals surface area contributed by atoms with E-state index in [4.69, 9.17) is 9.47 Å². The predicted octanol–water partition coefficient (Wildman–Crippen LogP) is 1.54. The fraction of sp³-hybridized carbons (Fsp3) is 0.579. The molecule has 152 valence electrons. The first-order chi connectivity index (χ1) is 13.4. The van der Waals surface area contributed by atoms with Gasteiger partial charge in [0.2, 0.25) is 21.8 Å². The number of nitrogens with zero attached hydrogens (tertiary/aromatic N) is 2. The van der Waals surface area contributed by atoms with E-state index in [-0.39, 0.29) is 53.4 Å². The minimum atomic E-state index is -3.81. The fourth-order valence-electron chi connectivity index (χ4n) is 4.81. The highest BCUT2D eigenvalue weighted by Gasteiger charge is 2.51. The second-order valence-corrected chi connectivity index (χ2v) is 9.33. The number of piperidine rings is 1. The number of imide groups is 1. The summed E-state index contributed by atoms with van der Waals surface area (Å²) in [7, 11) is -0.887. The second kappa shape index (κ2) is 7.04. The molecule has 3 aliphatic heterocycles. The molecule has 3 aliphatic rings. The molecule has 2 atom stereocenters. The highest BCUT2D eigenvalue weighted by molar-refractivity contribution is 7.89. The molecule has 2 amide bonds. The number of carbonyl (C=O) groups is 2. The minimum absolute atomic E-state index is 0.0815. The number of sulfonamides is 1. The zero-order chi connectivity index (χ0) is 20.1. The van der Waals surface area contributed by atoms with Gasteiger partial charge in [-0.2, -0.15) is 4.31 Å². The van der Waals surface area contributed by atoms with E-state index in [9.17, 15) is 18.0 Å². The molecule has 1 aromatic rings. The van der Waals surface area contributed by atoms with Crippen LogP contribution < -0.4 is 9.47 Å². The zero-order valence-corrected chi connectivity index (χ0v) is 16.8. The quantitative estimate of drug-likeness (QED) is 0.686. The van der Waals surface area contributed by atoms with E-state index in [0.717, 1.165) is 12.8 Å². The van der Waals surface area contributed by atoms with Crippen LogP contribution in [0, 0.1) is 0 Å². The molecular formula is C19H24N2O6S. The molecule has 3 heterocycles. The highest BCUT2D eigenvalue weighted by Crippen LogP contribution is 2.43. The van der Waals surface area contributed by atoms with Gasteiger partial charge in [-0.25, -0.2) is 8.42 Å². The van der Waals surface area contributed by atoms with Crippen molar-refractivity contribution in [3.63, 3.8) is 0 Å². The Balaban J connectivity index is 1.64. The molecule has 0 aromatic heterocycles. The van der Waals surface area contributed by atoms with Gasteiger partial charge in [-0.3, -0.25) is 14.5 Å². The number of likely N-dealkylation sites (tertiary alicyclic amines) is 1. The molecule has 2 bridgehead atoms. The third-order valence-corrected chi connectivity index (χ3v) is 8.05. The van der Waals surface area contributed by atoms with Crippen molar-refractivity contribution in [1.29, 1.82) is 0 Å². The van der Waals surface area contributed by atoms with Gasteiger partial charge in [0.1, 0.15) is 16.4 Å². The average Bonchev–Trinajstić information content (AvgIpc) is 3.17. The van der Waals surface area contributed by atoms with Crippen molar-refractivity contribution in [2.75, 3.05) is 14.2 Å². The Morgan fingerprint density at radius 3 is 2.07 bits per heavy atom. The molecule has 0 N–H and O–H groups in total. The van der Waals surface area contributed by atoms with Crippen LogP contribution in [0.5, 0.6) is 11.5 Å². The van der Waals surface area contributed by atoms with Crippen molar-refractivity contribution in [2.45, 2.75) is 61.5 Å². The molecule has 3 fully saturated rings. The van der Waals surface area contributed by atoms with Crippen LogP contribution in [0.3, 0.4) is 0 Å². The first-order valence-corrected chi connectivity index (χ1v) is 10.9. The van der Waals surface area contributed by atoms with Crippen LogP contribution in [0.15, 0.2) is 23.1 Å². The molecule has 2 unspecified atom stereocenters. The summed E-state index contributed by atoms with van der Waals surface area (Å²) in [5.41, 5.74) is 0. The maximum atomic E-state index is 13.5. The van der Waals surface area contributed by atoms with E-state index in [1.54, 1.807) is 16.4 Å². The Morgan fingerprint density at radius 2 is 1.54 bits per heavy atom.